The lowest BCUT2D eigenvalue weighted by Crippen LogP contribution is -2.67. The van der Waals surface area contributed by atoms with Gasteiger partial charge in [0.15, 0.2) is 6.29 Å². The van der Waals surface area contributed by atoms with Gasteiger partial charge in [0.05, 0.1) is 18.2 Å². The Morgan fingerprint density at radius 3 is 2.13 bits per heavy atom. The van der Waals surface area contributed by atoms with Gasteiger partial charge >= 0.3 is 0 Å². The molecule has 2 fully saturated rings. The van der Waals surface area contributed by atoms with E-state index in [1.165, 1.54) is 6.92 Å². The van der Waals surface area contributed by atoms with E-state index in [-0.39, 0.29) is 6.42 Å². The molecule has 1 heterocycles. The molecular formula is C13H27N3O7. The average molecular weight is 337 g/mol. The van der Waals surface area contributed by atoms with Crippen LogP contribution in [0.5, 0.6) is 0 Å². The van der Waals surface area contributed by atoms with Crippen molar-refractivity contribution < 1.29 is 35.0 Å². The third kappa shape index (κ3) is 3.66. The quantitative estimate of drug-likeness (QED) is 0.247. The molecular weight excluding hydrogens is 310 g/mol. The van der Waals surface area contributed by atoms with Crippen LogP contribution in [0.1, 0.15) is 13.3 Å². The summed E-state index contributed by atoms with van der Waals surface area (Å²) in [6.07, 6.45) is -9.55. The maximum absolute atomic E-state index is 10.1. The van der Waals surface area contributed by atoms with Crippen LogP contribution in [-0.2, 0) is 9.47 Å². The van der Waals surface area contributed by atoms with Crippen molar-refractivity contribution in [3.63, 3.8) is 0 Å². The van der Waals surface area contributed by atoms with Crippen molar-refractivity contribution in [3.8, 4) is 0 Å². The van der Waals surface area contributed by atoms with Gasteiger partial charge < -0.3 is 52.2 Å². The molecule has 11 N–H and O–H groups in total. The summed E-state index contributed by atoms with van der Waals surface area (Å²) in [6.45, 7) is 1.39. The van der Waals surface area contributed by atoms with Crippen LogP contribution in [-0.4, -0.2) is 92.7 Å². The second kappa shape index (κ2) is 7.23. The Morgan fingerprint density at radius 1 is 0.957 bits per heavy atom. The Bertz CT molecular complexity index is 402. The molecule has 0 bridgehead atoms. The van der Waals surface area contributed by atoms with E-state index in [0.717, 1.165) is 0 Å². The van der Waals surface area contributed by atoms with E-state index in [9.17, 15) is 25.5 Å². The first-order valence-electron chi connectivity index (χ1n) is 7.63. The third-order valence-electron chi connectivity index (χ3n) is 4.54. The number of hydrogen-bond acceptors (Lipinski definition) is 10. The summed E-state index contributed by atoms with van der Waals surface area (Å²) in [7, 11) is 0. The lowest BCUT2D eigenvalue weighted by molar-refractivity contribution is -0.301. The van der Waals surface area contributed by atoms with Crippen LogP contribution in [0, 0.1) is 0 Å². The lowest BCUT2D eigenvalue weighted by atomic mass is 9.84. The van der Waals surface area contributed by atoms with Crippen LogP contribution in [0.25, 0.3) is 0 Å². The Labute approximate surface area is 133 Å². The van der Waals surface area contributed by atoms with Crippen LogP contribution in [0.4, 0.5) is 0 Å². The van der Waals surface area contributed by atoms with E-state index in [1.54, 1.807) is 0 Å². The van der Waals surface area contributed by atoms with Crippen molar-refractivity contribution >= 4 is 0 Å². The largest absolute Gasteiger partial charge is 0.391 e. The van der Waals surface area contributed by atoms with Gasteiger partial charge in [-0.15, -0.1) is 0 Å². The molecule has 0 aromatic carbocycles. The number of aliphatic hydroxyl groups is 5. The van der Waals surface area contributed by atoms with Gasteiger partial charge in [-0.3, -0.25) is 0 Å². The van der Waals surface area contributed by atoms with E-state index in [4.69, 9.17) is 26.7 Å². The van der Waals surface area contributed by atoms with Crippen molar-refractivity contribution in [2.45, 2.75) is 80.5 Å². The van der Waals surface area contributed by atoms with Crippen molar-refractivity contribution in [2.75, 3.05) is 0 Å². The minimum absolute atomic E-state index is 0.218. The molecule has 0 spiro atoms. The zero-order chi connectivity index (χ0) is 17.5. The van der Waals surface area contributed by atoms with Gasteiger partial charge in [-0.05, 0) is 13.3 Å². The van der Waals surface area contributed by atoms with Crippen LogP contribution >= 0.6 is 0 Å². The van der Waals surface area contributed by atoms with Crippen molar-refractivity contribution in [1.29, 1.82) is 0 Å². The summed E-state index contributed by atoms with van der Waals surface area (Å²) in [5.74, 6) is 0. The zero-order valence-electron chi connectivity index (χ0n) is 12.8. The van der Waals surface area contributed by atoms with Gasteiger partial charge in [-0.25, -0.2) is 0 Å². The first-order valence-corrected chi connectivity index (χ1v) is 7.63. The molecule has 2 aliphatic rings. The fraction of sp³-hybridized carbons (Fsp3) is 1.00. The first kappa shape index (κ1) is 18.9. The van der Waals surface area contributed by atoms with Gasteiger partial charge in [0, 0.05) is 12.1 Å². The molecule has 11 atom stereocenters. The van der Waals surface area contributed by atoms with Crippen molar-refractivity contribution in [3.05, 3.63) is 0 Å². The summed E-state index contributed by atoms with van der Waals surface area (Å²) in [5.41, 5.74) is 17.4. The highest BCUT2D eigenvalue weighted by Gasteiger charge is 2.49. The molecule has 2 rings (SSSR count). The molecule has 10 heteroatoms. The van der Waals surface area contributed by atoms with Crippen LogP contribution in [0.3, 0.4) is 0 Å². The fourth-order valence-electron chi connectivity index (χ4n) is 3.06. The second-order valence-corrected chi connectivity index (χ2v) is 6.41. The highest BCUT2D eigenvalue weighted by molar-refractivity contribution is 4.99. The molecule has 0 radical (unpaired) electrons. The summed E-state index contributed by atoms with van der Waals surface area (Å²) >= 11 is 0. The van der Waals surface area contributed by atoms with Crippen molar-refractivity contribution in [2.24, 2.45) is 17.2 Å². The summed E-state index contributed by atoms with van der Waals surface area (Å²) < 4.78 is 11.0. The van der Waals surface area contributed by atoms with Gasteiger partial charge in [0.25, 0.3) is 0 Å². The monoisotopic (exact) mass is 337 g/mol. The van der Waals surface area contributed by atoms with E-state index in [2.05, 4.69) is 0 Å². The summed E-state index contributed by atoms with van der Waals surface area (Å²) in [5, 5.41) is 49.4. The minimum Gasteiger partial charge on any atom is -0.391 e. The molecule has 0 amide bonds. The molecule has 23 heavy (non-hydrogen) atoms. The Hall–Kier alpha value is -0.400. The Morgan fingerprint density at radius 2 is 1.57 bits per heavy atom. The SMILES string of the molecule is C[C@@H](O)C1OC(OC2C(N)CC(N)C(O)C2O)C(N)C(O)C1O. The number of hydrogen-bond donors (Lipinski definition) is 8. The Balaban J connectivity index is 2.11. The number of ether oxygens (including phenoxy) is 2. The Kier molecular flexibility index (Phi) is 5.95. The fourth-order valence-corrected chi connectivity index (χ4v) is 3.06. The molecule has 1 saturated carbocycles. The van der Waals surface area contributed by atoms with Gasteiger partial charge in [-0.1, -0.05) is 0 Å². The molecule has 10 nitrogen and oxygen atoms in total. The molecule has 1 saturated heterocycles. The van der Waals surface area contributed by atoms with Gasteiger partial charge in [-0.2, -0.15) is 0 Å². The highest BCUT2D eigenvalue weighted by Crippen LogP contribution is 2.28. The molecule has 136 valence electrons. The van der Waals surface area contributed by atoms with Crippen LogP contribution in [0.2, 0.25) is 0 Å². The molecule has 0 aromatic rings. The van der Waals surface area contributed by atoms with E-state index < -0.39 is 67.1 Å². The van der Waals surface area contributed by atoms with Crippen LogP contribution in [0.15, 0.2) is 0 Å². The number of rotatable bonds is 3. The molecule has 1 aliphatic carbocycles. The normalized spacial score (nSPS) is 53.1. The number of nitrogens with two attached hydrogens (primary N) is 3. The summed E-state index contributed by atoms with van der Waals surface area (Å²) in [6, 6.07) is -2.47. The smallest absolute Gasteiger partial charge is 0.176 e. The first-order chi connectivity index (χ1) is 10.6. The predicted molar refractivity (Wildman–Crippen MR) is 77.8 cm³/mol. The topological polar surface area (TPSA) is 198 Å². The standard InChI is InChI=1S/C13H27N3O7/c1-3(17)11-10(21)8(19)6(16)13(22-11)23-12-5(15)2-4(14)7(18)9(12)20/h3-13,17-21H,2,14-16H2,1H3/t3-,4?,5?,6?,7?,8?,9?,10?,11?,12?,13?/m1/s1. The van der Waals surface area contributed by atoms with E-state index in [0.29, 0.717) is 0 Å². The predicted octanol–water partition coefficient (Wildman–Crippen LogP) is -4.69. The summed E-state index contributed by atoms with van der Waals surface area (Å²) in [4.78, 5) is 0. The second-order valence-electron chi connectivity index (χ2n) is 6.41. The molecule has 0 aromatic heterocycles. The minimum atomic E-state index is -1.39. The number of aliphatic hydroxyl groups excluding tert-OH is 5. The highest BCUT2D eigenvalue weighted by atomic mass is 16.7. The van der Waals surface area contributed by atoms with Crippen molar-refractivity contribution in [1.82, 2.24) is 0 Å². The molecule has 1 aliphatic heterocycles. The zero-order valence-corrected chi connectivity index (χ0v) is 12.8. The average Bonchev–Trinajstić information content (AvgIpc) is 2.48. The molecule has 10 unspecified atom stereocenters. The van der Waals surface area contributed by atoms with Gasteiger partial charge in [0.2, 0.25) is 0 Å². The maximum Gasteiger partial charge on any atom is 0.176 e. The van der Waals surface area contributed by atoms with Crippen LogP contribution < -0.4 is 17.2 Å². The van der Waals surface area contributed by atoms with Gasteiger partial charge in [0.1, 0.15) is 30.5 Å². The maximum atomic E-state index is 10.1. The van der Waals surface area contributed by atoms with E-state index in [1.807, 2.05) is 0 Å². The lowest BCUT2D eigenvalue weighted by Gasteiger charge is -2.46. The van der Waals surface area contributed by atoms with E-state index >= 15 is 0 Å². The third-order valence-corrected chi connectivity index (χ3v) is 4.54.